The predicted octanol–water partition coefficient (Wildman–Crippen LogP) is 4.14. The highest BCUT2D eigenvalue weighted by Crippen LogP contribution is 2.47. The van der Waals surface area contributed by atoms with Crippen molar-refractivity contribution in [2.24, 2.45) is 5.92 Å². The summed E-state index contributed by atoms with van der Waals surface area (Å²) < 4.78 is 45.4. The minimum atomic E-state index is -4.48. The van der Waals surface area contributed by atoms with E-state index in [-0.39, 0.29) is 30.8 Å². The molecule has 8 nitrogen and oxygen atoms in total. The average molecular weight is 543 g/mol. The van der Waals surface area contributed by atoms with Crippen molar-refractivity contribution in [3.8, 4) is 11.1 Å². The van der Waals surface area contributed by atoms with E-state index in [0.717, 1.165) is 28.8 Å². The molecule has 39 heavy (non-hydrogen) atoms. The largest absolute Gasteiger partial charge is 0.416 e. The van der Waals surface area contributed by atoms with E-state index in [2.05, 4.69) is 15.5 Å². The summed E-state index contributed by atoms with van der Waals surface area (Å²) in [4.78, 5) is 31.4. The van der Waals surface area contributed by atoms with Crippen molar-refractivity contribution in [1.82, 2.24) is 20.4 Å². The molecule has 3 aromatic rings. The minimum absolute atomic E-state index is 0.122. The number of carbonyl (C=O) groups is 2. The van der Waals surface area contributed by atoms with Crippen molar-refractivity contribution in [2.75, 3.05) is 6.54 Å². The maximum Gasteiger partial charge on any atom is 0.416 e. The number of nitrogens with one attached hydrogen (secondary N) is 1. The second-order valence-electron chi connectivity index (χ2n) is 10.7. The fourth-order valence-corrected chi connectivity index (χ4v) is 5.13. The van der Waals surface area contributed by atoms with E-state index >= 15 is 0 Å². The highest BCUT2D eigenvalue weighted by molar-refractivity contribution is 5.85. The quantitative estimate of drug-likeness (QED) is 0.485. The lowest BCUT2D eigenvalue weighted by Gasteiger charge is -2.35. The number of carbonyl (C=O) groups excluding carboxylic acids is 2. The van der Waals surface area contributed by atoms with E-state index < -0.39 is 23.2 Å². The molecule has 11 heteroatoms. The highest BCUT2D eigenvalue weighted by Gasteiger charge is 2.47. The second kappa shape index (κ2) is 9.78. The van der Waals surface area contributed by atoms with E-state index in [1.54, 1.807) is 30.0 Å². The van der Waals surface area contributed by atoms with Crippen LogP contribution in [0.3, 0.4) is 0 Å². The molecule has 2 aromatic carbocycles. The van der Waals surface area contributed by atoms with Gasteiger partial charge in [-0.2, -0.15) is 18.2 Å². The van der Waals surface area contributed by atoms with Crippen LogP contribution in [-0.4, -0.2) is 44.1 Å². The van der Waals surface area contributed by atoms with Crippen molar-refractivity contribution in [3.05, 3.63) is 70.4 Å². The molecular weight excluding hydrogens is 513 g/mol. The molecule has 1 aromatic heterocycles. The average Bonchev–Trinajstić information content (AvgIpc) is 3.58. The molecular formula is C28H29F3N4O4. The van der Waals surface area contributed by atoms with Crippen molar-refractivity contribution < 1.29 is 32.4 Å². The number of hydrogen-bond donors (Lipinski definition) is 2. The van der Waals surface area contributed by atoms with Gasteiger partial charge in [-0.1, -0.05) is 29.4 Å². The lowest BCUT2D eigenvalue weighted by molar-refractivity contribution is -0.148. The maximum atomic E-state index is 13.4. The summed E-state index contributed by atoms with van der Waals surface area (Å²) in [6.07, 6.45) is -3.48. The Kier molecular flexibility index (Phi) is 6.74. The van der Waals surface area contributed by atoms with E-state index in [4.69, 9.17) is 4.52 Å². The van der Waals surface area contributed by atoms with Crippen LogP contribution in [0, 0.1) is 12.8 Å². The monoisotopic (exact) mass is 542 g/mol. The van der Waals surface area contributed by atoms with Gasteiger partial charge < -0.3 is 19.8 Å². The summed E-state index contributed by atoms with van der Waals surface area (Å²) in [6.45, 7) is 5.21. The summed E-state index contributed by atoms with van der Waals surface area (Å²) >= 11 is 0. The number of amides is 2. The highest BCUT2D eigenvalue weighted by atomic mass is 19.4. The minimum Gasteiger partial charge on any atom is -0.381 e. The molecule has 0 saturated heterocycles. The first-order chi connectivity index (χ1) is 18.3. The first-order valence-electron chi connectivity index (χ1n) is 12.7. The van der Waals surface area contributed by atoms with Crippen LogP contribution in [-0.2, 0) is 35.3 Å². The number of fused-ring (bicyclic) bond motifs is 1. The third-order valence-electron chi connectivity index (χ3n) is 7.26. The van der Waals surface area contributed by atoms with Crippen LogP contribution in [0.2, 0.25) is 0 Å². The van der Waals surface area contributed by atoms with Gasteiger partial charge in [0.05, 0.1) is 17.4 Å². The zero-order valence-electron chi connectivity index (χ0n) is 21.8. The SMILES string of the molecule is Cc1noc([C@H]2C[C@@H]2C(=O)NCc2ccc(-c3cccc(C(F)(F)F)c3)c3c2CN(C(=O)C(C)(C)O)CC3)n1. The molecule has 2 atom stereocenters. The van der Waals surface area contributed by atoms with Gasteiger partial charge in [-0.25, -0.2) is 0 Å². The van der Waals surface area contributed by atoms with Crippen LogP contribution >= 0.6 is 0 Å². The normalized spacial score (nSPS) is 19.0. The number of benzene rings is 2. The topological polar surface area (TPSA) is 109 Å². The van der Waals surface area contributed by atoms with E-state index in [1.807, 2.05) is 0 Å². The number of aliphatic hydroxyl groups is 1. The Hall–Kier alpha value is -3.73. The Bertz CT molecular complexity index is 1430. The van der Waals surface area contributed by atoms with Gasteiger partial charge in [-0.15, -0.1) is 0 Å². The molecule has 1 aliphatic carbocycles. The Morgan fingerprint density at radius 1 is 1.18 bits per heavy atom. The fraction of sp³-hybridized carbons (Fsp3) is 0.429. The molecule has 0 bridgehead atoms. The van der Waals surface area contributed by atoms with Gasteiger partial charge in [-0.3, -0.25) is 9.59 Å². The molecule has 5 rings (SSSR count). The molecule has 0 spiro atoms. The number of rotatable bonds is 6. The van der Waals surface area contributed by atoms with Crippen LogP contribution < -0.4 is 5.32 Å². The van der Waals surface area contributed by atoms with Crippen LogP contribution in [0.1, 0.15) is 60.2 Å². The van der Waals surface area contributed by atoms with Crippen LogP contribution in [0.25, 0.3) is 11.1 Å². The van der Waals surface area contributed by atoms with E-state index in [0.29, 0.717) is 42.2 Å². The van der Waals surface area contributed by atoms with Gasteiger partial charge in [0.1, 0.15) is 5.60 Å². The molecule has 2 heterocycles. The first-order valence-corrected chi connectivity index (χ1v) is 12.7. The van der Waals surface area contributed by atoms with E-state index in [9.17, 15) is 27.9 Å². The molecule has 0 unspecified atom stereocenters. The van der Waals surface area contributed by atoms with Crippen LogP contribution in [0.5, 0.6) is 0 Å². The van der Waals surface area contributed by atoms with Gasteiger partial charge in [-0.05, 0) is 73.6 Å². The molecule has 2 amide bonds. The van der Waals surface area contributed by atoms with Gasteiger partial charge in [0.15, 0.2) is 5.82 Å². The summed E-state index contributed by atoms with van der Waals surface area (Å²) in [5.74, 6) is -0.0540. The van der Waals surface area contributed by atoms with Crippen molar-refractivity contribution in [1.29, 1.82) is 0 Å². The lowest BCUT2D eigenvalue weighted by Crippen LogP contribution is -2.47. The molecule has 206 valence electrons. The fourth-order valence-electron chi connectivity index (χ4n) is 5.13. The third-order valence-corrected chi connectivity index (χ3v) is 7.26. The maximum absolute atomic E-state index is 13.4. The Labute approximate surface area is 223 Å². The predicted molar refractivity (Wildman–Crippen MR) is 134 cm³/mol. The number of nitrogens with zero attached hydrogens (tertiary/aromatic N) is 3. The van der Waals surface area contributed by atoms with Crippen molar-refractivity contribution in [3.63, 3.8) is 0 Å². The zero-order chi connectivity index (χ0) is 28.1. The smallest absolute Gasteiger partial charge is 0.381 e. The Morgan fingerprint density at radius 2 is 1.95 bits per heavy atom. The van der Waals surface area contributed by atoms with Crippen LogP contribution in [0.15, 0.2) is 40.9 Å². The molecule has 0 radical (unpaired) electrons. The number of aromatic nitrogens is 2. The molecule has 1 aliphatic heterocycles. The van der Waals surface area contributed by atoms with E-state index in [1.165, 1.54) is 19.9 Å². The molecule has 2 aliphatic rings. The number of halogens is 3. The summed E-state index contributed by atoms with van der Waals surface area (Å²) in [6, 6.07) is 8.71. The zero-order valence-corrected chi connectivity index (χ0v) is 21.8. The summed E-state index contributed by atoms with van der Waals surface area (Å²) in [5.41, 5.74) is 1.10. The second-order valence-corrected chi connectivity index (χ2v) is 10.7. The van der Waals surface area contributed by atoms with Gasteiger partial charge in [0, 0.05) is 19.6 Å². The van der Waals surface area contributed by atoms with Crippen molar-refractivity contribution in [2.45, 2.75) is 64.4 Å². The molecule has 1 saturated carbocycles. The lowest BCUT2D eigenvalue weighted by atomic mass is 9.86. The van der Waals surface area contributed by atoms with Gasteiger partial charge >= 0.3 is 6.18 Å². The Morgan fingerprint density at radius 3 is 2.62 bits per heavy atom. The third kappa shape index (κ3) is 5.54. The number of hydrogen-bond acceptors (Lipinski definition) is 6. The Balaban J connectivity index is 1.42. The molecule has 2 N–H and O–H groups in total. The first kappa shape index (κ1) is 26.9. The number of alkyl halides is 3. The van der Waals surface area contributed by atoms with Gasteiger partial charge in [0.25, 0.3) is 5.91 Å². The summed E-state index contributed by atoms with van der Waals surface area (Å²) in [5, 5.41) is 17.0. The van der Waals surface area contributed by atoms with Gasteiger partial charge in [0.2, 0.25) is 11.8 Å². The number of aryl methyl sites for hydroxylation is 1. The summed E-state index contributed by atoms with van der Waals surface area (Å²) in [7, 11) is 0. The van der Waals surface area contributed by atoms with Crippen LogP contribution in [0.4, 0.5) is 13.2 Å². The standard InChI is InChI=1S/C28H29F3N4O4/c1-15-33-25(39-34-15)22-12-21(22)24(36)32-13-17-7-8-19(16-5-4-6-18(11-16)28(29,30)31)20-9-10-35(14-23(17)20)26(37)27(2,3)38/h4-8,11,21-22,38H,9-10,12-14H2,1-3H3,(H,32,36)/t21-,22-/m0/s1. The molecule has 1 fully saturated rings. The van der Waals surface area contributed by atoms with Crippen molar-refractivity contribution >= 4 is 11.8 Å².